The van der Waals surface area contributed by atoms with Crippen molar-refractivity contribution in [3.63, 3.8) is 0 Å². The van der Waals surface area contributed by atoms with E-state index >= 15 is 0 Å². The fourth-order valence-electron chi connectivity index (χ4n) is 2.69. The van der Waals surface area contributed by atoms with Crippen molar-refractivity contribution < 1.29 is 28.9 Å². The molecule has 1 unspecified atom stereocenters. The predicted molar refractivity (Wildman–Crippen MR) is 84.9 cm³/mol. The van der Waals surface area contributed by atoms with Crippen molar-refractivity contribution in [1.82, 2.24) is 19.5 Å². The molecule has 2 aromatic rings. The lowest BCUT2D eigenvalue weighted by molar-refractivity contribution is -0.150. The number of aromatic nitrogens is 4. The van der Waals surface area contributed by atoms with Gasteiger partial charge in [0.15, 0.2) is 23.2 Å². The molecule has 12 heteroatoms. The fourth-order valence-corrected chi connectivity index (χ4v) is 2.69. The molecule has 0 radical (unpaired) electrons. The van der Waals surface area contributed by atoms with Crippen LogP contribution in [-0.4, -0.2) is 67.2 Å². The third-order valence-corrected chi connectivity index (χ3v) is 4.03. The zero-order valence-electron chi connectivity index (χ0n) is 13.7. The van der Waals surface area contributed by atoms with E-state index in [4.69, 9.17) is 20.9 Å². The number of nitrogens with two attached hydrogens (primary N) is 2. The number of imidazole rings is 1. The van der Waals surface area contributed by atoms with E-state index in [1.54, 1.807) is 0 Å². The number of hydrogen-bond acceptors (Lipinski definition) is 10. The average Bonchev–Trinajstić information content (AvgIpc) is 3.13. The van der Waals surface area contributed by atoms with E-state index in [0.29, 0.717) is 13.0 Å². The van der Waals surface area contributed by atoms with Gasteiger partial charge in [-0.2, -0.15) is 14.4 Å². The molecule has 11 nitrogen and oxygen atoms in total. The Kier molecular flexibility index (Phi) is 5.27. The number of hydrogen-bond donors (Lipinski definition) is 4. The SMILES string of the molecule is NCCCC(=O)OC[C@H]1O[C@@H](n2cnc3c(N)nc(F)nc32)C(O)[C@@H]1O. The Bertz CT molecular complexity index is 801. The number of ether oxygens (including phenoxy) is 2. The van der Waals surface area contributed by atoms with E-state index in [0.717, 1.165) is 0 Å². The second-order valence-electron chi connectivity index (χ2n) is 5.82. The number of halogens is 1. The number of nitrogens with zero attached hydrogens (tertiary/aromatic N) is 4. The summed E-state index contributed by atoms with van der Waals surface area (Å²) in [6.45, 7) is 0.101. The lowest BCUT2D eigenvalue weighted by Gasteiger charge is -2.16. The van der Waals surface area contributed by atoms with Gasteiger partial charge in [-0.05, 0) is 13.0 Å². The highest BCUT2D eigenvalue weighted by molar-refractivity contribution is 5.81. The van der Waals surface area contributed by atoms with Crippen LogP contribution in [0.1, 0.15) is 19.1 Å². The molecule has 6 N–H and O–H groups in total. The summed E-state index contributed by atoms with van der Waals surface area (Å²) < 4.78 is 25.3. The van der Waals surface area contributed by atoms with Gasteiger partial charge in [0.25, 0.3) is 0 Å². The first kappa shape index (κ1) is 18.4. The van der Waals surface area contributed by atoms with Crippen LogP contribution in [0.15, 0.2) is 6.33 Å². The maximum absolute atomic E-state index is 13.4. The topological polar surface area (TPSA) is 172 Å². The van der Waals surface area contributed by atoms with Crippen LogP contribution in [0.4, 0.5) is 10.2 Å². The molecule has 0 aromatic carbocycles. The van der Waals surface area contributed by atoms with Gasteiger partial charge in [0.05, 0.1) is 6.33 Å². The zero-order chi connectivity index (χ0) is 18.8. The molecule has 0 bridgehead atoms. The number of aliphatic hydroxyl groups is 2. The standard InChI is InChI=1S/C14H19FN6O5/c15-14-19-11(17)8-12(20-14)21(5-18-8)13-10(24)9(23)6(26-13)4-25-7(22)2-1-3-16/h5-6,9-10,13,23-24H,1-4,16H2,(H2,17,19,20)/t6-,9-,10?,13-/m1/s1. The third-order valence-electron chi connectivity index (χ3n) is 4.03. The summed E-state index contributed by atoms with van der Waals surface area (Å²) >= 11 is 0. The molecule has 0 saturated carbocycles. The molecule has 26 heavy (non-hydrogen) atoms. The summed E-state index contributed by atoms with van der Waals surface area (Å²) in [4.78, 5) is 22.5. The van der Waals surface area contributed by atoms with Gasteiger partial charge in [-0.3, -0.25) is 9.36 Å². The third kappa shape index (κ3) is 3.44. The van der Waals surface area contributed by atoms with Crippen LogP contribution < -0.4 is 11.5 Å². The molecule has 3 heterocycles. The van der Waals surface area contributed by atoms with Gasteiger partial charge in [-0.1, -0.05) is 0 Å². The molecule has 4 atom stereocenters. The number of carbonyl (C=O) groups excluding carboxylic acids is 1. The Morgan fingerprint density at radius 3 is 2.88 bits per heavy atom. The van der Waals surface area contributed by atoms with Gasteiger partial charge in [-0.25, -0.2) is 4.98 Å². The normalized spacial score (nSPS) is 25.7. The molecule has 3 rings (SSSR count). The molecule has 0 spiro atoms. The first-order chi connectivity index (χ1) is 12.4. The number of carbonyl (C=O) groups is 1. The molecule has 2 aromatic heterocycles. The van der Waals surface area contributed by atoms with Gasteiger partial charge in [0, 0.05) is 6.42 Å². The highest BCUT2D eigenvalue weighted by atomic mass is 19.1. The number of aliphatic hydroxyl groups excluding tert-OH is 2. The summed E-state index contributed by atoms with van der Waals surface area (Å²) in [5, 5.41) is 20.4. The quantitative estimate of drug-likeness (QED) is 0.344. The highest BCUT2D eigenvalue weighted by Gasteiger charge is 2.45. The predicted octanol–water partition coefficient (Wildman–Crippen LogP) is -1.55. The van der Waals surface area contributed by atoms with Crippen LogP contribution in [0.3, 0.4) is 0 Å². The minimum atomic E-state index is -1.38. The minimum absolute atomic E-state index is 0.00633. The molecule has 1 saturated heterocycles. The lowest BCUT2D eigenvalue weighted by Crippen LogP contribution is -2.34. The van der Waals surface area contributed by atoms with E-state index in [-0.39, 0.29) is 30.0 Å². The van der Waals surface area contributed by atoms with Crippen molar-refractivity contribution in [3.05, 3.63) is 12.4 Å². The lowest BCUT2D eigenvalue weighted by atomic mass is 10.1. The Morgan fingerprint density at radius 1 is 1.38 bits per heavy atom. The number of nitrogen functional groups attached to an aromatic ring is 1. The summed E-state index contributed by atoms with van der Waals surface area (Å²) in [7, 11) is 0. The maximum Gasteiger partial charge on any atom is 0.312 e. The van der Waals surface area contributed by atoms with E-state index in [2.05, 4.69) is 15.0 Å². The molecule has 142 valence electrons. The van der Waals surface area contributed by atoms with Crippen LogP contribution in [0.2, 0.25) is 0 Å². The van der Waals surface area contributed by atoms with Crippen molar-refractivity contribution in [2.24, 2.45) is 5.73 Å². The average molecular weight is 370 g/mol. The van der Waals surface area contributed by atoms with E-state index in [1.165, 1.54) is 10.9 Å². The Labute approximate surface area is 146 Å². The van der Waals surface area contributed by atoms with Gasteiger partial charge in [-0.15, -0.1) is 0 Å². The summed E-state index contributed by atoms with van der Waals surface area (Å²) in [5.74, 6) is -0.649. The van der Waals surface area contributed by atoms with Crippen molar-refractivity contribution >= 4 is 23.0 Å². The number of rotatable bonds is 6. The van der Waals surface area contributed by atoms with E-state index in [1.807, 2.05) is 0 Å². The highest BCUT2D eigenvalue weighted by Crippen LogP contribution is 2.32. The Balaban J connectivity index is 1.75. The van der Waals surface area contributed by atoms with Crippen LogP contribution in [0, 0.1) is 6.08 Å². The monoisotopic (exact) mass is 370 g/mol. The van der Waals surface area contributed by atoms with E-state index in [9.17, 15) is 19.4 Å². The van der Waals surface area contributed by atoms with Crippen molar-refractivity contribution in [1.29, 1.82) is 0 Å². The first-order valence-corrected chi connectivity index (χ1v) is 7.95. The van der Waals surface area contributed by atoms with Crippen LogP contribution >= 0.6 is 0 Å². The van der Waals surface area contributed by atoms with Gasteiger partial charge >= 0.3 is 12.0 Å². The zero-order valence-corrected chi connectivity index (χ0v) is 13.7. The molecule has 1 aliphatic rings. The summed E-state index contributed by atoms with van der Waals surface area (Å²) in [6, 6.07) is 0. The molecule has 0 amide bonds. The van der Waals surface area contributed by atoms with Gasteiger partial charge in [0.2, 0.25) is 0 Å². The molecule has 0 aliphatic carbocycles. The van der Waals surface area contributed by atoms with Crippen LogP contribution in [0.5, 0.6) is 0 Å². The number of anilines is 1. The van der Waals surface area contributed by atoms with Crippen LogP contribution in [0.25, 0.3) is 11.2 Å². The molecular formula is C14H19FN6O5. The number of esters is 1. The minimum Gasteiger partial charge on any atom is -0.463 e. The molecule has 1 aliphatic heterocycles. The van der Waals surface area contributed by atoms with Gasteiger partial charge in [0.1, 0.15) is 24.9 Å². The summed E-state index contributed by atoms with van der Waals surface area (Å²) in [6.07, 6.45) is -3.99. The fraction of sp³-hybridized carbons (Fsp3) is 0.571. The second kappa shape index (κ2) is 7.45. The molecular weight excluding hydrogens is 351 g/mol. The summed E-state index contributed by atoms with van der Waals surface area (Å²) in [5.41, 5.74) is 11.0. The van der Waals surface area contributed by atoms with Crippen molar-refractivity contribution in [2.45, 2.75) is 37.4 Å². The van der Waals surface area contributed by atoms with E-state index < -0.39 is 36.6 Å². The first-order valence-electron chi connectivity index (χ1n) is 7.95. The van der Waals surface area contributed by atoms with Gasteiger partial charge < -0.3 is 31.2 Å². The van der Waals surface area contributed by atoms with Crippen LogP contribution in [-0.2, 0) is 14.3 Å². The van der Waals surface area contributed by atoms with Crippen molar-refractivity contribution in [2.75, 3.05) is 18.9 Å². The largest absolute Gasteiger partial charge is 0.463 e. The number of fused-ring (bicyclic) bond motifs is 1. The Hall–Kier alpha value is -2.41. The smallest absolute Gasteiger partial charge is 0.312 e. The van der Waals surface area contributed by atoms with Crippen molar-refractivity contribution in [3.8, 4) is 0 Å². The second-order valence-corrected chi connectivity index (χ2v) is 5.82. The molecule has 1 fully saturated rings. The Morgan fingerprint density at radius 2 is 2.15 bits per heavy atom. The maximum atomic E-state index is 13.4.